The molecule has 2 aliphatic rings. The molecule has 1 unspecified atom stereocenters. The van der Waals surface area contributed by atoms with Crippen molar-refractivity contribution in [2.75, 3.05) is 19.1 Å². The largest absolute Gasteiger partial charge is 0.496 e. The summed E-state index contributed by atoms with van der Waals surface area (Å²) in [6, 6.07) is 4.22. The predicted octanol–water partition coefficient (Wildman–Crippen LogP) is 3.71. The van der Waals surface area contributed by atoms with Gasteiger partial charge >= 0.3 is 6.09 Å². The van der Waals surface area contributed by atoms with Crippen LogP contribution >= 0.6 is 0 Å². The van der Waals surface area contributed by atoms with Gasteiger partial charge in [0.2, 0.25) is 0 Å². The van der Waals surface area contributed by atoms with Gasteiger partial charge in [-0.05, 0) is 63.6 Å². The van der Waals surface area contributed by atoms with Gasteiger partial charge < -0.3 is 18.9 Å². The van der Waals surface area contributed by atoms with Gasteiger partial charge in [-0.2, -0.15) is 0 Å². The third-order valence-corrected chi connectivity index (χ3v) is 7.45. The first-order valence-corrected chi connectivity index (χ1v) is 12.7. The minimum absolute atomic E-state index is 0.0935. The lowest BCUT2D eigenvalue weighted by Gasteiger charge is -2.44. The van der Waals surface area contributed by atoms with Crippen LogP contribution in [-0.2, 0) is 11.8 Å². The maximum Gasteiger partial charge on any atom is 0.410 e. The van der Waals surface area contributed by atoms with E-state index in [1.54, 1.807) is 48.4 Å². The van der Waals surface area contributed by atoms with Crippen molar-refractivity contribution in [2.24, 2.45) is 7.05 Å². The number of amides is 1. The molecular weight excluding hydrogens is 491 g/mol. The third-order valence-electron chi connectivity index (χ3n) is 7.45. The number of ether oxygens (including phenoxy) is 2. The van der Waals surface area contributed by atoms with Crippen molar-refractivity contribution in [1.29, 1.82) is 0 Å². The van der Waals surface area contributed by atoms with E-state index in [-0.39, 0.29) is 11.6 Å². The number of rotatable bonds is 4. The van der Waals surface area contributed by atoms with Crippen LogP contribution in [0.4, 0.5) is 15.0 Å². The Labute approximate surface area is 220 Å². The fourth-order valence-corrected chi connectivity index (χ4v) is 5.53. The Hall–Kier alpha value is -3.76. The zero-order valence-corrected chi connectivity index (χ0v) is 22.5. The average Bonchev–Trinajstić information content (AvgIpc) is 3.23. The SMILES string of the molecule is COc1cc2c(=O)n(C)ccc2cc1-c1ncc(N(C)[C@H]2C[C@@H]3CCC([C@H]2F)N3C(=O)OC(C)(C)C)nn1. The van der Waals surface area contributed by atoms with Crippen molar-refractivity contribution < 1.29 is 18.7 Å². The Balaban J connectivity index is 1.37. The second-order valence-corrected chi connectivity index (χ2v) is 11.1. The molecule has 11 heteroatoms. The Morgan fingerprint density at radius 3 is 2.63 bits per heavy atom. The highest BCUT2D eigenvalue weighted by Gasteiger charge is 2.52. The highest BCUT2D eigenvalue weighted by Crippen LogP contribution is 2.41. The fourth-order valence-electron chi connectivity index (χ4n) is 5.53. The van der Waals surface area contributed by atoms with Crippen LogP contribution < -0.4 is 15.2 Å². The lowest BCUT2D eigenvalue weighted by molar-refractivity contribution is -0.0104. The van der Waals surface area contributed by atoms with E-state index in [2.05, 4.69) is 15.2 Å². The van der Waals surface area contributed by atoms with E-state index in [0.717, 1.165) is 11.8 Å². The Morgan fingerprint density at radius 2 is 1.97 bits per heavy atom. The summed E-state index contributed by atoms with van der Waals surface area (Å²) in [7, 11) is 4.99. The monoisotopic (exact) mass is 524 g/mol. The van der Waals surface area contributed by atoms with E-state index in [9.17, 15) is 9.59 Å². The number of alkyl halides is 1. The molecule has 0 saturated carbocycles. The number of aromatic nitrogens is 4. The number of piperidine rings is 1. The van der Waals surface area contributed by atoms with Gasteiger partial charge in [-0.25, -0.2) is 14.2 Å². The number of hydrogen-bond donors (Lipinski definition) is 0. The first kappa shape index (κ1) is 25.9. The standard InChI is InChI=1S/C27H33FN6O4/c1-27(2,3)38-26(36)34-16-7-8-19(34)23(28)20(12-16)33(5)22-14-29-24(31-30-22)18-11-15-9-10-32(4)25(35)17(15)13-21(18)37-6/h9-11,13-14,16,19-20,23H,7-8,12H2,1-6H3/t16-,19?,20-,23+/m0/s1. The van der Waals surface area contributed by atoms with E-state index < -0.39 is 29.9 Å². The topological polar surface area (TPSA) is 103 Å². The van der Waals surface area contributed by atoms with Crippen molar-refractivity contribution >= 4 is 22.7 Å². The summed E-state index contributed by atoms with van der Waals surface area (Å²) in [4.78, 5) is 33.1. The van der Waals surface area contributed by atoms with E-state index in [4.69, 9.17) is 9.47 Å². The molecule has 5 rings (SSSR count). The summed E-state index contributed by atoms with van der Waals surface area (Å²) in [6.07, 6.45) is 3.34. The zero-order chi connectivity index (χ0) is 27.4. The molecule has 202 valence electrons. The number of hydrogen-bond acceptors (Lipinski definition) is 8. The normalized spacial score (nSPS) is 23.0. The van der Waals surface area contributed by atoms with Gasteiger partial charge in [-0.1, -0.05) is 0 Å². The second kappa shape index (κ2) is 9.52. The molecule has 3 aromatic rings. The molecule has 4 heterocycles. The van der Waals surface area contributed by atoms with Gasteiger partial charge in [-0.3, -0.25) is 9.69 Å². The lowest BCUT2D eigenvalue weighted by atomic mass is 9.94. The molecule has 4 atom stereocenters. The van der Waals surface area contributed by atoms with Gasteiger partial charge in [0.25, 0.3) is 5.56 Å². The summed E-state index contributed by atoms with van der Waals surface area (Å²) in [5.41, 5.74) is -0.167. The minimum Gasteiger partial charge on any atom is -0.496 e. The van der Waals surface area contributed by atoms with E-state index in [1.807, 2.05) is 26.8 Å². The first-order chi connectivity index (χ1) is 18.0. The number of carbonyl (C=O) groups is 1. The molecule has 0 aliphatic carbocycles. The van der Waals surface area contributed by atoms with Crippen LogP contribution in [0.5, 0.6) is 5.75 Å². The molecule has 1 amide bonds. The molecule has 2 aliphatic heterocycles. The van der Waals surface area contributed by atoms with Gasteiger partial charge in [-0.15, -0.1) is 10.2 Å². The maximum absolute atomic E-state index is 15.8. The maximum atomic E-state index is 15.8. The van der Waals surface area contributed by atoms with Crippen molar-refractivity contribution in [3.8, 4) is 17.1 Å². The smallest absolute Gasteiger partial charge is 0.410 e. The molecule has 1 aromatic carbocycles. The highest BCUT2D eigenvalue weighted by atomic mass is 19.1. The highest BCUT2D eigenvalue weighted by molar-refractivity contribution is 5.88. The summed E-state index contributed by atoms with van der Waals surface area (Å²) in [5, 5.41) is 9.92. The number of nitrogens with zero attached hydrogens (tertiary/aromatic N) is 6. The van der Waals surface area contributed by atoms with E-state index in [1.165, 1.54) is 11.7 Å². The van der Waals surface area contributed by atoms with Crippen molar-refractivity contribution in [3.05, 3.63) is 40.9 Å². The summed E-state index contributed by atoms with van der Waals surface area (Å²) in [6.45, 7) is 5.43. The van der Waals surface area contributed by atoms with Crippen molar-refractivity contribution in [1.82, 2.24) is 24.6 Å². The number of fused-ring (bicyclic) bond motifs is 3. The Kier molecular flexibility index (Phi) is 6.48. The summed E-state index contributed by atoms with van der Waals surface area (Å²) < 4.78 is 28.3. The van der Waals surface area contributed by atoms with Crippen LogP contribution in [-0.4, -0.2) is 74.8 Å². The number of pyridine rings is 1. The van der Waals surface area contributed by atoms with Crippen LogP contribution in [0, 0.1) is 0 Å². The molecule has 2 saturated heterocycles. The molecule has 0 N–H and O–H groups in total. The Bertz CT molecular complexity index is 1420. The van der Waals surface area contributed by atoms with Gasteiger partial charge in [0.1, 0.15) is 17.5 Å². The molecule has 2 aromatic heterocycles. The number of benzene rings is 1. The first-order valence-electron chi connectivity index (χ1n) is 12.7. The zero-order valence-electron chi connectivity index (χ0n) is 22.5. The minimum atomic E-state index is -1.27. The molecule has 10 nitrogen and oxygen atoms in total. The quantitative estimate of drug-likeness (QED) is 0.509. The van der Waals surface area contributed by atoms with Crippen molar-refractivity contribution in [3.63, 3.8) is 0 Å². The molecule has 0 spiro atoms. The van der Waals surface area contributed by atoms with Crippen LogP contribution in [0.15, 0.2) is 35.4 Å². The molecule has 2 bridgehead atoms. The van der Waals surface area contributed by atoms with E-state index in [0.29, 0.717) is 41.2 Å². The number of carbonyl (C=O) groups excluding carboxylic acids is 1. The third kappa shape index (κ3) is 4.54. The number of halogens is 1. The second-order valence-electron chi connectivity index (χ2n) is 11.1. The fraction of sp³-hybridized carbons (Fsp3) is 0.519. The van der Waals surface area contributed by atoms with Crippen molar-refractivity contribution in [2.45, 2.75) is 69.9 Å². The summed E-state index contributed by atoms with van der Waals surface area (Å²) in [5.74, 6) is 1.22. The number of methoxy groups -OCH3 is 1. The van der Waals surface area contributed by atoms with Gasteiger partial charge in [0.15, 0.2) is 11.6 Å². The summed E-state index contributed by atoms with van der Waals surface area (Å²) >= 11 is 0. The molecule has 2 fully saturated rings. The molecular formula is C27H33FN6O4. The lowest BCUT2D eigenvalue weighted by Crippen LogP contribution is -2.59. The Morgan fingerprint density at radius 1 is 1.21 bits per heavy atom. The van der Waals surface area contributed by atoms with Crippen LogP contribution in [0.1, 0.15) is 40.0 Å². The van der Waals surface area contributed by atoms with Crippen LogP contribution in [0.3, 0.4) is 0 Å². The number of aryl methyl sites for hydroxylation is 1. The van der Waals surface area contributed by atoms with E-state index >= 15 is 4.39 Å². The predicted molar refractivity (Wildman–Crippen MR) is 141 cm³/mol. The van der Waals surface area contributed by atoms with Crippen LogP contribution in [0.25, 0.3) is 22.2 Å². The van der Waals surface area contributed by atoms with Gasteiger partial charge in [0.05, 0.1) is 36.3 Å². The number of anilines is 1. The average molecular weight is 525 g/mol. The molecule has 0 radical (unpaired) electrons. The van der Waals surface area contributed by atoms with Crippen LogP contribution in [0.2, 0.25) is 0 Å². The van der Waals surface area contributed by atoms with Gasteiger partial charge in [0, 0.05) is 26.3 Å². The molecule has 38 heavy (non-hydrogen) atoms.